The predicted molar refractivity (Wildman–Crippen MR) is 62.7 cm³/mol. The quantitative estimate of drug-likeness (QED) is 0.836. The van der Waals surface area contributed by atoms with Gasteiger partial charge in [0.25, 0.3) is 5.88 Å². The van der Waals surface area contributed by atoms with Gasteiger partial charge in [-0.15, -0.1) is 0 Å². The summed E-state index contributed by atoms with van der Waals surface area (Å²) >= 11 is 5.90. The van der Waals surface area contributed by atoms with Crippen molar-refractivity contribution in [2.24, 2.45) is 0 Å². The van der Waals surface area contributed by atoms with Crippen LogP contribution in [0.4, 0.5) is 10.1 Å². The minimum absolute atomic E-state index is 0.186. The molecule has 0 saturated heterocycles. The molecule has 4 nitrogen and oxygen atoms in total. The van der Waals surface area contributed by atoms with Gasteiger partial charge in [-0.25, -0.2) is 4.98 Å². The van der Waals surface area contributed by atoms with E-state index >= 15 is 0 Å². The molecule has 1 aromatic carbocycles. The topological polar surface area (TPSA) is 61.0 Å². The highest BCUT2D eigenvalue weighted by Gasteiger charge is 2.13. The number of nitrogens with zero attached hydrogens (tertiary/aromatic N) is 2. The fourth-order valence-corrected chi connectivity index (χ4v) is 1.46. The molecule has 2 aromatic rings. The van der Waals surface area contributed by atoms with Crippen molar-refractivity contribution < 1.29 is 9.13 Å². The van der Waals surface area contributed by atoms with Crippen molar-refractivity contribution in [1.29, 1.82) is 0 Å². The summed E-state index contributed by atoms with van der Waals surface area (Å²) in [6.07, 6.45) is 1.21. The summed E-state index contributed by atoms with van der Waals surface area (Å²) in [7, 11) is 0. The first-order valence-corrected chi connectivity index (χ1v) is 5.16. The number of benzene rings is 1. The summed E-state index contributed by atoms with van der Waals surface area (Å²) in [5, 5.41) is 0.292. The van der Waals surface area contributed by atoms with E-state index in [9.17, 15) is 4.39 Å². The van der Waals surface area contributed by atoms with Crippen molar-refractivity contribution in [2.75, 3.05) is 5.73 Å². The zero-order valence-corrected chi connectivity index (χ0v) is 9.70. The Labute approximate surface area is 102 Å². The molecule has 1 aromatic heterocycles. The van der Waals surface area contributed by atoms with Crippen LogP contribution in [0.1, 0.15) is 5.69 Å². The van der Waals surface area contributed by atoms with E-state index in [4.69, 9.17) is 22.1 Å². The zero-order chi connectivity index (χ0) is 12.4. The number of aryl methyl sites for hydroxylation is 1. The molecule has 0 aliphatic carbocycles. The van der Waals surface area contributed by atoms with Crippen LogP contribution in [0.2, 0.25) is 5.02 Å². The monoisotopic (exact) mass is 253 g/mol. The lowest BCUT2D eigenvalue weighted by atomic mass is 10.3. The molecule has 0 bridgehead atoms. The van der Waals surface area contributed by atoms with Crippen LogP contribution in [-0.4, -0.2) is 9.97 Å². The summed E-state index contributed by atoms with van der Waals surface area (Å²) in [5.41, 5.74) is 6.19. The summed E-state index contributed by atoms with van der Waals surface area (Å²) in [6.45, 7) is 1.51. The van der Waals surface area contributed by atoms with Gasteiger partial charge in [-0.3, -0.25) is 0 Å². The molecule has 0 aliphatic heterocycles. The van der Waals surface area contributed by atoms with Crippen molar-refractivity contribution in [2.45, 2.75) is 6.92 Å². The lowest BCUT2D eigenvalue weighted by molar-refractivity contribution is 0.418. The van der Waals surface area contributed by atoms with Gasteiger partial charge in [0.15, 0.2) is 5.75 Å². The third-order valence-corrected chi connectivity index (χ3v) is 2.43. The second-order valence-electron chi connectivity index (χ2n) is 3.34. The lowest BCUT2D eigenvalue weighted by Crippen LogP contribution is -1.99. The number of anilines is 1. The van der Waals surface area contributed by atoms with E-state index in [2.05, 4.69) is 9.97 Å². The third-order valence-electron chi connectivity index (χ3n) is 2.13. The van der Waals surface area contributed by atoms with E-state index < -0.39 is 5.82 Å². The van der Waals surface area contributed by atoms with Crippen molar-refractivity contribution in [3.8, 4) is 11.6 Å². The molecule has 6 heteroatoms. The predicted octanol–water partition coefficient (Wildman–Crippen LogP) is 2.95. The van der Waals surface area contributed by atoms with Gasteiger partial charge in [-0.1, -0.05) is 17.7 Å². The Morgan fingerprint density at radius 2 is 2.12 bits per heavy atom. The number of ether oxygens (including phenoxy) is 1. The summed E-state index contributed by atoms with van der Waals surface area (Å²) in [4.78, 5) is 7.39. The number of rotatable bonds is 2. The first-order chi connectivity index (χ1) is 8.09. The highest BCUT2D eigenvalue weighted by molar-refractivity contribution is 6.32. The average Bonchev–Trinajstić information content (AvgIpc) is 2.29. The van der Waals surface area contributed by atoms with Crippen molar-refractivity contribution >= 4 is 17.3 Å². The number of para-hydroxylation sites is 1. The smallest absolute Gasteiger partial charge is 0.259 e. The SMILES string of the molecule is Cc1ncnc(Oc2c(N)cccc2Cl)c1F. The molecule has 0 atom stereocenters. The fraction of sp³-hybridized carbons (Fsp3) is 0.0909. The lowest BCUT2D eigenvalue weighted by Gasteiger charge is -2.09. The van der Waals surface area contributed by atoms with E-state index in [0.717, 1.165) is 0 Å². The Hall–Kier alpha value is -1.88. The third kappa shape index (κ3) is 2.29. The van der Waals surface area contributed by atoms with E-state index in [0.29, 0.717) is 10.7 Å². The van der Waals surface area contributed by atoms with Gasteiger partial charge in [0, 0.05) is 0 Å². The second kappa shape index (κ2) is 4.55. The Morgan fingerprint density at radius 3 is 2.82 bits per heavy atom. The van der Waals surface area contributed by atoms with Gasteiger partial charge >= 0.3 is 0 Å². The van der Waals surface area contributed by atoms with Crippen LogP contribution >= 0.6 is 11.6 Å². The number of hydrogen-bond donors (Lipinski definition) is 1. The van der Waals surface area contributed by atoms with Gasteiger partial charge in [0.2, 0.25) is 5.82 Å². The van der Waals surface area contributed by atoms with Crippen LogP contribution in [-0.2, 0) is 0 Å². The molecule has 88 valence electrons. The van der Waals surface area contributed by atoms with Crippen LogP contribution in [0.25, 0.3) is 0 Å². The molecular formula is C11H9ClFN3O. The van der Waals surface area contributed by atoms with Gasteiger partial charge < -0.3 is 10.5 Å². The number of aromatic nitrogens is 2. The molecule has 2 N–H and O–H groups in total. The summed E-state index contributed by atoms with van der Waals surface area (Å²) in [6, 6.07) is 4.87. The Balaban J connectivity index is 2.42. The summed E-state index contributed by atoms with van der Waals surface area (Å²) < 4.78 is 18.9. The van der Waals surface area contributed by atoms with Gasteiger partial charge in [-0.05, 0) is 19.1 Å². The molecule has 0 radical (unpaired) electrons. The summed E-state index contributed by atoms with van der Waals surface area (Å²) in [5.74, 6) is -0.643. The molecule has 1 heterocycles. The molecule has 0 spiro atoms. The van der Waals surface area contributed by atoms with Crippen molar-refractivity contribution in [3.63, 3.8) is 0 Å². The molecule has 0 saturated carbocycles. The minimum atomic E-state index is -0.633. The van der Waals surface area contributed by atoms with Crippen LogP contribution < -0.4 is 10.5 Å². The number of nitrogen functional groups attached to an aromatic ring is 1. The maximum absolute atomic E-state index is 13.6. The van der Waals surface area contributed by atoms with E-state index in [-0.39, 0.29) is 17.3 Å². The standard InChI is InChI=1S/C11H9ClFN3O/c1-6-9(13)11(16-5-15-6)17-10-7(12)3-2-4-8(10)14/h2-5H,14H2,1H3. The molecule has 0 aliphatic rings. The number of halogens is 2. The van der Waals surface area contributed by atoms with Crippen LogP contribution in [0.3, 0.4) is 0 Å². The zero-order valence-electron chi connectivity index (χ0n) is 8.95. The van der Waals surface area contributed by atoms with Crippen LogP contribution in [0.15, 0.2) is 24.5 Å². The Bertz CT molecular complexity index is 542. The number of hydrogen-bond acceptors (Lipinski definition) is 4. The maximum Gasteiger partial charge on any atom is 0.259 e. The van der Waals surface area contributed by atoms with Crippen LogP contribution in [0, 0.1) is 12.7 Å². The molecule has 17 heavy (non-hydrogen) atoms. The highest BCUT2D eigenvalue weighted by atomic mass is 35.5. The molecule has 0 fully saturated rings. The first kappa shape index (κ1) is 11.6. The van der Waals surface area contributed by atoms with E-state index in [1.165, 1.54) is 13.3 Å². The van der Waals surface area contributed by atoms with Crippen molar-refractivity contribution in [3.05, 3.63) is 41.1 Å². The molecular weight excluding hydrogens is 245 g/mol. The molecule has 2 rings (SSSR count). The van der Waals surface area contributed by atoms with Gasteiger partial charge in [-0.2, -0.15) is 9.37 Å². The largest absolute Gasteiger partial charge is 0.433 e. The van der Waals surface area contributed by atoms with E-state index in [1.807, 2.05) is 0 Å². The second-order valence-corrected chi connectivity index (χ2v) is 3.75. The molecule has 0 amide bonds. The van der Waals surface area contributed by atoms with Crippen LogP contribution in [0.5, 0.6) is 11.6 Å². The van der Waals surface area contributed by atoms with E-state index in [1.54, 1.807) is 18.2 Å². The Kier molecular flexibility index (Phi) is 3.10. The molecule has 0 unspecified atom stereocenters. The first-order valence-electron chi connectivity index (χ1n) is 4.78. The Morgan fingerprint density at radius 1 is 1.35 bits per heavy atom. The fourth-order valence-electron chi connectivity index (χ4n) is 1.24. The van der Waals surface area contributed by atoms with Crippen molar-refractivity contribution in [1.82, 2.24) is 9.97 Å². The maximum atomic E-state index is 13.6. The highest BCUT2D eigenvalue weighted by Crippen LogP contribution is 2.34. The number of nitrogens with two attached hydrogens (primary N) is 1. The van der Waals surface area contributed by atoms with Gasteiger partial charge in [0.1, 0.15) is 6.33 Å². The normalized spacial score (nSPS) is 10.3. The average molecular weight is 254 g/mol. The minimum Gasteiger partial charge on any atom is -0.433 e. The van der Waals surface area contributed by atoms with Gasteiger partial charge in [0.05, 0.1) is 16.4 Å².